The van der Waals surface area contributed by atoms with E-state index in [0.29, 0.717) is 43.5 Å². The topological polar surface area (TPSA) is 89.0 Å². The van der Waals surface area contributed by atoms with E-state index in [9.17, 15) is 9.59 Å². The summed E-state index contributed by atoms with van der Waals surface area (Å²) in [4.78, 5) is 29.8. The maximum atomic E-state index is 12.7. The molecule has 0 aliphatic carbocycles. The number of allylic oxidation sites excluding steroid dienone is 1. The lowest BCUT2D eigenvalue weighted by atomic mass is 9.96. The van der Waals surface area contributed by atoms with Crippen molar-refractivity contribution in [3.05, 3.63) is 69.3 Å². The summed E-state index contributed by atoms with van der Waals surface area (Å²) >= 11 is 13.8. The number of ether oxygens (including phenoxy) is 2. The number of thioether (sulfide) groups is 1. The number of aliphatic imine (C=N–C) groups is 1. The fraction of sp³-hybridized carbons (Fsp3) is 0.261. The van der Waals surface area contributed by atoms with Gasteiger partial charge in [0.05, 0.1) is 35.1 Å². The van der Waals surface area contributed by atoms with E-state index in [2.05, 4.69) is 15.6 Å². The van der Waals surface area contributed by atoms with Gasteiger partial charge in [-0.25, -0.2) is 9.79 Å². The average Bonchev–Trinajstić information content (AvgIpc) is 2.79. The van der Waals surface area contributed by atoms with E-state index in [1.54, 1.807) is 63.4 Å². The number of amidine groups is 1. The molecule has 2 aromatic carbocycles. The Morgan fingerprint density at radius 3 is 2.58 bits per heavy atom. The molecule has 0 spiro atoms. The molecular formula is C23H23Cl2N3O4S. The van der Waals surface area contributed by atoms with Crippen LogP contribution in [0.25, 0.3) is 0 Å². The molecule has 0 unspecified atom stereocenters. The van der Waals surface area contributed by atoms with E-state index in [-0.39, 0.29) is 18.3 Å². The quantitative estimate of drug-likeness (QED) is 0.499. The zero-order valence-corrected chi connectivity index (χ0v) is 20.6. The average molecular weight is 508 g/mol. The minimum atomic E-state index is -0.719. The van der Waals surface area contributed by atoms with Crippen LogP contribution in [0.3, 0.4) is 0 Å². The highest BCUT2D eigenvalue weighted by atomic mass is 35.5. The molecule has 1 aliphatic rings. The highest BCUT2D eigenvalue weighted by Gasteiger charge is 2.32. The Morgan fingerprint density at radius 2 is 1.91 bits per heavy atom. The summed E-state index contributed by atoms with van der Waals surface area (Å²) in [6.07, 6.45) is 0. The van der Waals surface area contributed by atoms with Gasteiger partial charge in [0.2, 0.25) is 5.91 Å². The molecule has 0 aromatic heterocycles. The van der Waals surface area contributed by atoms with Crippen LogP contribution in [0.5, 0.6) is 5.75 Å². The zero-order chi connectivity index (χ0) is 24.0. The van der Waals surface area contributed by atoms with Crippen molar-refractivity contribution in [2.24, 2.45) is 4.99 Å². The molecule has 174 valence electrons. The maximum absolute atomic E-state index is 12.7. The first kappa shape index (κ1) is 25.0. The molecular weight excluding hydrogens is 485 g/mol. The Labute approximate surface area is 206 Å². The van der Waals surface area contributed by atoms with Crippen LogP contribution in [0.15, 0.2) is 58.7 Å². The van der Waals surface area contributed by atoms with Crippen molar-refractivity contribution >= 4 is 57.7 Å². The van der Waals surface area contributed by atoms with Crippen LogP contribution < -0.4 is 15.4 Å². The number of carbonyl (C=O) groups excluding carboxylic acids is 2. The Balaban J connectivity index is 1.78. The number of rotatable bonds is 7. The normalized spacial score (nSPS) is 15.4. The minimum Gasteiger partial charge on any atom is -0.497 e. The van der Waals surface area contributed by atoms with Crippen molar-refractivity contribution < 1.29 is 19.1 Å². The molecule has 7 nitrogen and oxygen atoms in total. The second-order valence-corrected chi connectivity index (χ2v) is 8.68. The monoisotopic (exact) mass is 507 g/mol. The van der Waals surface area contributed by atoms with Crippen molar-refractivity contribution in [2.45, 2.75) is 19.9 Å². The van der Waals surface area contributed by atoms with E-state index in [0.717, 1.165) is 0 Å². The number of nitrogens with one attached hydrogen (secondary N) is 2. The summed E-state index contributed by atoms with van der Waals surface area (Å²) in [6.45, 7) is 3.71. The van der Waals surface area contributed by atoms with Gasteiger partial charge in [-0.05, 0) is 44.2 Å². The number of carbonyl (C=O) groups is 2. The maximum Gasteiger partial charge on any atom is 0.338 e. The summed E-state index contributed by atoms with van der Waals surface area (Å²) < 4.78 is 10.3. The summed E-state index contributed by atoms with van der Waals surface area (Å²) in [7, 11) is 1.58. The van der Waals surface area contributed by atoms with Gasteiger partial charge >= 0.3 is 5.97 Å². The zero-order valence-electron chi connectivity index (χ0n) is 18.3. The summed E-state index contributed by atoms with van der Waals surface area (Å²) in [6, 6.07) is 11.5. The number of hydrogen-bond acceptors (Lipinski definition) is 7. The van der Waals surface area contributed by atoms with Gasteiger partial charge in [0.1, 0.15) is 11.8 Å². The fourth-order valence-electron chi connectivity index (χ4n) is 3.16. The minimum absolute atomic E-state index is 0.107. The van der Waals surface area contributed by atoms with Gasteiger partial charge in [0, 0.05) is 16.9 Å². The molecule has 0 saturated heterocycles. The van der Waals surface area contributed by atoms with Crippen LogP contribution in [-0.4, -0.2) is 36.5 Å². The lowest BCUT2D eigenvalue weighted by Gasteiger charge is -2.26. The van der Waals surface area contributed by atoms with Gasteiger partial charge in [0.15, 0.2) is 5.17 Å². The van der Waals surface area contributed by atoms with Crippen molar-refractivity contribution in [3.63, 3.8) is 0 Å². The molecule has 1 aliphatic heterocycles. The fourth-order valence-corrected chi connectivity index (χ4v) is 4.31. The molecule has 33 heavy (non-hydrogen) atoms. The number of methoxy groups -OCH3 is 1. The van der Waals surface area contributed by atoms with Crippen LogP contribution in [0, 0.1) is 0 Å². The largest absolute Gasteiger partial charge is 0.497 e. The van der Waals surface area contributed by atoms with E-state index >= 15 is 0 Å². The first-order valence-electron chi connectivity index (χ1n) is 10.1. The third-order valence-electron chi connectivity index (χ3n) is 4.70. The highest BCUT2D eigenvalue weighted by Crippen LogP contribution is 2.39. The van der Waals surface area contributed by atoms with Crippen molar-refractivity contribution in [2.75, 3.05) is 24.8 Å². The van der Waals surface area contributed by atoms with Crippen LogP contribution in [0.2, 0.25) is 10.0 Å². The third-order valence-corrected chi connectivity index (χ3v) is 6.42. The molecule has 2 N–H and O–H groups in total. The number of anilines is 1. The van der Waals surface area contributed by atoms with Crippen molar-refractivity contribution in [3.8, 4) is 5.75 Å². The van der Waals surface area contributed by atoms with Gasteiger partial charge in [-0.3, -0.25) is 4.79 Å². The Morgan fingerprint density at radius 1 is 1.18 bits per heavy atom. The Kier molecular flexibility index (Phi) is 8.66. The molecule has 1 amide bonds. The molecule has 0 fully saturated rings. The highest BCUT2D eigenvalue weighted by molar-refractivity contribution is 8.14. The smallest absolute Gasteiger partial charge is 0.338 e. The molecule has 1 atom stereocenters. The first-order chi connectivity index (χ1) is 15.8. The lowest BCUT2D eigenvalue weighted by molar-refractivity contribution is -0.139. The molecule has 2 aromatic rings. The van der Waals surface area contributed by atoms with E-state index in [1.165, 1.54) is 11.8 Å². The van der Waals surface area contributed by atoms with Gasteiger partial charge < -0.3 is 20.1 Å². The molecule has 0 bridgehead atoms. The molecule has 0 saturated carbocycles. The number of halogens is 2. The SMILES string of the molecule is CCOC(=O)C1=C(C)NC(SCC(=O)Nc2ccc(OC)cc2)=N[C@@H]1c1cccc(Cl)c1Cl. The standard InChI is InChI=1S/C23H23Cl2N3O4S/c1-4-32-22(30)19-13(2)26-23(28-21(19)16-6-5-7-17(24)20(16)25)33-12-18(29)27-14-8-10-15(31-3)11-9-14/h5-11,21H,4,12H2,1-3H3,(H,26,28)(H,27,29)/t21-/m1/s1. The predicted octanol–water partition coefficient (Wildman–Crippen LogP) is 5.21. The van der Waals surface area contributed by atoms with E-state index < -0.39 is 12.0 Å². The summed E-state index contributed by atoms with van der Waals surface area (Å²) in [5.41, 5.74) is 2.15. The number of amides is 1. The van der Waals surface area contributed by atoms with Gasteiger partial charge in [-0.1, -0.05) is 47.1 Å². The predicted molar refractivity (Wildman–Crippen MR) is 133 cm³/mol. The van der Waals surface area contributed by atoms with Gasteiger partial charge in [-0.2, -0.15) is 0 Å². The molecule has 1 heterocycles. The number of hydrogen-bond donors (Lipinski definition) is 2. The second kappa shape index (κ2) is 11.4. The third kappa shape index (κ3) is 6.22. The molecule has 10 heteroatoms. The first-order valence-corrected chi connectivity index (χ1v) is 11.8. The van der Waals surface area contributed by atoms with E-state index in [1.807, 2.05) is 0 Å². The van der Waals surface area contributed by atoms with Crippen LogP contribution in [-0.2, 0) is 14.3 Å². The van der Waals surface area contributed by atoms with Crippen molar-refractivity contribution in [1.29, 1.82) is 0 Å². The van der Waals surface area contributed by atoms with Gasteiger partial charge in [-0.15, -0.1) is 0 Å². The van der Waals surface area contributed by atoms with E-state index in [4.69, 9.17) is 32.7 Å². The lowest BCUT2D eigenvalue weighted by Crippen LogP contribution is -2.31. The second-order valence-electron chi connectivity index (χ2n) is 6.93. The number of esters is 1. The van der Waals surface area contributed by atoms with Crippen LogP contribution in [0.4, 0.5) is 5.69 Å². The van der Waals surface area contributed by atoms with Crippen molar-refractivity contribution in [1.82, 2.24) is 5.32 Å². The molecule has 3 rings (SSSR count). The van der Waals surface area contributed by atoms with Crippen LogP contribution >= 0.6 is 35.0 Å². The molecule has 0 radical (unpaired) electrons. The Bertz CT molecular complexity index is 1100. The summed E-state index contributed by atoms with van der Waals surface area (Å²) in [5.74, 6) is 0.113. The number of nitrogens with zero attached hydrogens (tertiary/aromatic N) is 1. The summed E-state index contributed by atoms with van der Waals surface area (Å²) in [5, 5.41) is 7.06. The van der Waals surface area contributed by atoms with Crippen LogP contribution in [0.1, 0.15) is 25.5 Å². The number of benzene rings is 2. The Hall–Kier alpha value is -2.68. The van der Waals surface area contributed by atoms with Gasteiger partial charge in [0.25, 0.3) is 0 Å².